The molecule has 3 heteroatoms. The van der Waals surface area contributed by atoms with Crippen molar-refractivity contribution in [2.75, 3.05) is 11.1 Å². The number of nitrogens with zero attached hydrogens (tertiary/aromatic N) is 1. The van der Waals surface area contributed by atoms with Gasteiger partial charge < -0.3 is 11.1 Å². The summed E-state index contributed by atoms with van der Waals surface area (Å²) in [7, 11) is 0. The summed E-state index contributed by atoms with van der Waals surface area (Å²) in [4.78, 5) is 4.24. The van der Waals surface area contributed by atoms with Gasteiger partial charge in [0.05, 0.1) is 0 Å². The molecule has 0 saturated carbocycles. The standard InChI is InChI=1S/C17H15N3/c18-15-8-4-13(5-9-15)14-6-10-16(11-7-14)20-17-3-1-2-12-19-17/h1-12H,18H2,(H,19,20). The quantitative estimate of drug-likeness (QED) is 0.699. The summed E-state index contributed by atoms with van der Waals surface area (Å²) in [6.45, 7) is 0. The van der Waals surface area contributed by atoms with Gasteiger partial charge in [0.15, 0.2) is 0 Å². The minimum atomic E-state index is 0.780. The van der Waals surface area contributed by atoms with Gasteiger partial charge in [-0.1, -0.05) is 30.3 Å². The minimum absolute atomic E-state index is 0.780. The Labute approximate surface area is 118 Å². The van der Waals surface area contributed by atoms with Crippen molar-refractivity contribution in [3.05, 3.63) is 72.9 Å². The lowest BCUT2D eigenvalue weighted by atomic mass is 10.1. The summed E-state index contributed by atoms with van der Waals surface area (Å²) < 4.78 is 0. The first-order chi connectivity index (χ1) is 9.81. The number of pyridine rings is 1. The van der Waals surface area contributed by atoms with Gasteiger partial charge in [-0.2, -0.15) is 0 Å². The van der Waals surface area contributed by atoms with E-state index in [2.05, 4.69) is 22.4 Å². The van der Waals surface area contributed by atoms with Crippen LogP contribution >= 0.6 is 0 Å². The predicted octanol–water partition coefficient (Wildman–Crippen LogP) is 4.07. The van der Waals surface area contributed by atoms with Gasteiger partial charge in [0.25, 0.3) is 0 Å². The van der Waals surface area contributed by atoms with Crippen molar-refractivity contribution in [3.8, 4) is 11.1 Å². The van der Waals surface area contributed by atoms with E-state index in [1.807, 2.05) is 54.6 Å². The Hall–Kier alpha value is -2.81. The van der Waals surface area contributed by atoms with E-state index < -0.39 is 0 Å². The Morgan fingerprint density at radius 2 is 1.40 bits per heavy atom. The molecule has 0 bridgehead atoms. The Balaban J connectivity index is 1.79. The fraction of sp³-hybridized carbons (Fsp3) is 0. The van der Waals surface area contributed by atoms with E-state index in [1.165, 1.54) is 0 Å². The molecule has 0 aliphatic heterocycles. The number of nitrogens with one attached hydrogen (secondary N) is 1. The highest BCUT2D eigenvalue weighted by Crippen LogP contribution is 2.23. The van der Waals surface area contributed by atoms with Crippen LogP contribution in [-0.4, -0.2) is 4.98 Å². The second-order valence-corrected chi connectivity index (χ2v) is 4.54. The topological polar surface area (TPSA) is 50.9 Å². The number of hydrogen-bond donors (Lipinski definition) is 2. The molecule has 0 saturated heterocycles. The van der Waals surface area contributed by atoms with Gasteiger partial charge in [-0.15, -0.1) is 0 Å². The molecule has 20 heavy (non-hydrogen) atoms. The molecule has 98 valence electrons. The van der Waals surface area contributed by atoms with Crippen LogP contribution in [0.15, 0.2) is 72.9 Å². The third kappa shape index (κ3) is 2.78. The Morgan fingerprint density at radius 3 is 2.00 bits per heavy atom. The van der Waals surface area contributed by atoms with Gasteiger partial charge in [-0.3, -0.25) is 0 Å². The SMILES string of the molecule is Nc1ccc(-c2ccc(Nc3ccccn3)cc2)cc1. The van der Waals surface area contributed by atoms with Crippen LogP contribution in [-0.2, 0) is 0 Å². The highest BCUT2D eigenvalue weighted by Gasteiger charge is 1.99. The summed E-state index contributed by atoms with van der Waals surface area (Å²) in [6.07, 6.45) is 1.77. The van der Waals surface area contributed by atoms with Crippen molar-refractivity contribution < 1.29 is 0 Å². The zero-order valence-electron chi connectivity index (χ0n) is 11.0. The third-order valence-corrected chi connectivity index (χ3v) is 3.07. The molecule has 1 heterocycles. The summed E-state index contributed by atoms with van der Waals surface area (Å²) in [5.74, 6) is 0.840. The maximum Gasteiger partial charge on any atom is 0.130 e. The molecule has 0 aliphatic rings. The average molecular weight is 261 g/mol. The molecule has 0 radical (unpaired) electrons. The van der Waals surface area contributed by atoms with Crippen molar-refractivity contribution in [1.82, 2.24) is 4.98 Å². The predicted molar refractivity (Wildman–Crippen MR) is 83.8 cm³/mol. The molecule has 0 fully saturated rings. The Bertz CT molecular complexity index is 674. The lowest BCUT2D eigenvalue weighted by Crippen LogP contribution is -1.92. The normalized spacial score (nSPS) is 10.2. The smallest absolute Gasteiger partial charge is 0.130 e. The number of nitrogens with two attached hydrogens (primary N) is 1. The van der Waals surface area contributed by atoms with Gasteiger partial charge in [-0.25, -0.2) is 4.98 Å². The number of anilines is 3. The fourth-order valence-corrected chi connectivity index (χ4v) is 2.01. The summed E-state index contributed by atoms with van der Waals surface area (Å²) in [6, 6.07) is 21.9. The summed E-state index contributed by atoms with van der Waals surface area (Å²) >= 11 is 0. The van der Waals surface area contributed by atoms with E-state index in [-0.39, 0.29) is 0 Å². The van der Waals surface area contributed by atoms with Crippen molar-refractivity contribution in [2.24, 2.45) is 0 Å². The lowest BCUT2D eigenvalue weighted by molar-refractivity contribution is 1.31. The number of nitrogen functional groups attached to an aromatic ring is 1. The van der Waals surface area contributed by atoms with Crippen molar-refractivity contribution >= 4 is 17.2 Å². The molecule has 3 N–H and O–H groups in total. The third-order valence-electron chi connectivity index (χ3n) is 3.07. The molecule has 0 amide bonds. The second-order valence-electron chi connectivity index (χ2n) is 4.54. The summed E-state index contributed by atoms with van der Waals surface area (Å²) in [5, 5.41) is 3.26. The maximum absolute atomic E-state index is 5.70. The van der Waals surface area contributed by atoms with E-state index in [4.69, 9.17) is 5.73 Å². The summed E-state index contributed by atoms with van der Waals surface area (Å²) in [5.41, 5.74) is 9.81. The number of hydrogen-bond acceptors (Lipinski definition) is 3. The van der Waals surface area contributed by atoms with Crippen molar-refractivity contribution in [1.29, 1.82) is 0 Å². The zero-order chi connectivity index (χ0) is 13.8. The highest BCUT2D eigenvalue weighted by molar-refractivity contribution is 5.68. The van der Waals surface area contributed by atoms with Crippen LogP contribution in [0.1, 0.15) is 0 Å². The van der Waals surface area contributed by atoms with E-state index in [9.17, 15) is 0 Å². The minimum Gasteiger partial charge on any atom is -0.399 e. The first kappa shape index (κ1) is 12.2. The molecule has 0 spiro atoms. The van der Waals surface area contributed by atoms with Crippen LogP contribution in [0.25, 0.3) is 11.1 Å². The van der Waals surface area contributed by atoms with Crippen LogP contribution in [0.3, 0.4) is 0 Å². The molecule has 3 aromatic rings. The van der Waals surface area contributed by atoms with Crippen molar-refractivity contribution in [3.63, 3.8) is 0 Å². The van der Waals surface area contributed by atoms with E-state index >= 15 is 0 Å². The van der Waals surface area contributed by atoms with Crippen LogP contribution in [0, 0.1) is 0 Å². The van der Waals surface area contributed by atoms with E-state index in [0.717, 1.165) is 28.3 Å². The Morgan fingerprint density at radius 1 is 0.750 bits per heavy atom. The van der Waals surface area contributed by atoms with Gasteiger partial charge in [0, 0.05) is 17.6 Å². The number of aromatic nitrogens is 1. The molecule has 0 atom stereocenters. The van der Waals surface area contributed by atoms with E-state index in [1.54, 1.807) is 6.20 Å². The van der Waals surface area contributed by atoms with Gasteiger partial charge in [0.2, 0.25) is 0 Å². The second kappa shape index (κ2) is 5.45. The first-order valence-corrected chi connectivity index (χ1v) is 6.45. The molecule has 1 aromatic heterocycles. The molecule has 0 unspecified atom stereocenters. The molecule has 0 aliphatic carbocycles. The fourth-order valence-electron chi connectivity index (χ4n) is 2.01. The van der Waals surface area contributed by atoms with Crippen LogP contribution < -0.4 is 11.1 Å². The van der Waals surface area contributed by atoms with Crippen LogP contribution in [0.4, 0.5) is 17.2 Å². The molecular weight excluding hydrogens is 246 g/mol. The Kier molecular flexibility index (Phi) is 3.33. The lowest BCUT2D eigenvalue weighted by Gasteiger charge is -2.07. The van der Waals surface area contributed by atoms with Gasteiger partial charge >= 0.3 is 0 Å². The molecule has 2 aromatic carbocycles. The molecule has 3 rings (SSSR count). The monoisotopic (exact) mass is 261 g/mol. The molecule has 3 nitrogen and oxygen atoms in total. The highest BCUT2D eigenvalue weighted by atomic mass is 15.0. The average Bonchev–Trinajstić information content (AvgIpc) is 2.50. The zero-order valence-corrected chi connectivity index (χ0v) is 11.0. The van der Waals surface area contributed by atoms with Crippen LogP contribution in [0.2, 0.25) is 0 Å². The van der Waals surface area contributed by atoms with Gasteiger partial charge in [-0.05, 0) is 47.5 Å². The van der Waals surface area contributed by atoms with Crippen molar-refractivity contribution in [2.45, 2.75) is 0 Å². The number of benzene rings is 2. The van der Waals surface area contributed by atoms with Crippen LogP contribution in [0.5, 0.6) is 0 Å². The largest absolute Gasteiger partial charge is 0.399 e. The first-order valence-electron chi connectivity index (χ1n) is 6.45. The van der Waals surface area contributed by atoms with E-state index in [0.29, 0.717) is 0 Å². The number of rotatable bonds is 3. The maximum atomic E-state index is 5.70. The van der Waals surface area contributed by atoms with Gasteiger partial charge in [0.1, 0.15) is 5.82 Å². The molecular formula is C17H15N3.